The van der Waals surface area contributed by atoms with Crippen LogP contribution in [-0.4, -0.2) is 49.1 Å². The van der Waals surface area contributed by atoms with Gasteiger partial charge in [0.1, 0.15) is 29.7 Å². The van der Waals surface area contributed by atoms with Gasteiger partial charge in [-0.25, -0.2) is 4.39 Å². The van der Waals surface area contributed by atoms with E-state index in [1.54, 1.807) is 48.5 Å². The molecule has 0 spiro atoms. The molecule has 1 unspecified atom stereocenters. The molecule has 0 saturated carbocycles. The van der Waals surface area contributed by atoms with Gasteiger partial charge in [-0.15, -0.1) is 0 Å². The SMILES string of the molecule is COCCN1C(=O)C(=O)/C(=C(/O)c2cc(C(C)(C)C)ccc2OC)C1c1cccc(OCc2ccc(F)cc2)c1. The van der Waals surface area contributed by atoms with Crippen LogP contribution in [0.1, 0.15) is 49.1 Å². The maximum atomic E-state index is 13.4. The Morgan fingerprint density at radius 2 is 1.73 bits per heavy atom. The summed E-state index contributed by atoms with van der Waals surface area (Å²) in [6.45, 7) is 6.67. The van der Waals surface area contributed by atoms with Crippen LogP contribution in [-0.2, 0) is 26.3 Å². The lowest BCUT2D eigenvalue weighted by Crippen LogP contribution is -2.32. The lowest BCUT2D eigenvalue weighted by Gasteiger charge is -2.26. The Balaban J connectivity index is 1.80. The second-order valence-corrected chi connectivity index (χ2v) is 10.6. The normalized spacial score (nSPS) is 16.9. The summed E-state index contributed by atoms with van der Waals surface area (Å²) in [5, 5.41) is 11.6. The van der Waals surface area contributed by atoms with E-state index in [1.165, 1.54) is 31.3 Å². The molecule has 1 aliphatic heterocycles. The summed E-state index contributed by atoms with van der Waals surface area (Å²) in [7, 11) is 3.00. The van der Waals surface area contributed by atoms with Gasteiger partial charge in [-0.05, 0) is 58.5 Å². The summed E-state index contributed by atoms with van der Waals surface area (Å²) in [6, 6.07) is 17.6. The topological polar surface area (TPSA) is 85.3 Å². The van der Waals surface area contributed by atoms with E-state index < -0.39 is 17.7 Å². The second kappa shape index (κ2) is 11.9. The van der Waals surface area contributed by atoms with E-state index in [2.05, 4.69) is 0 Å². The van der Waals surface area contributed by atoms with Gasteiger partial charge in [-0.3, -0.25) is 9.59 Å². The molecule has 1 amide bonds. The van der Waals surface area contributed by atoms with Gasteiger partial charge in [-0.1, -0.05) is 51.1 Å². The van der Waals surface area contributed by atoms with Gasteiger partial charge < -0.3 is 24.2 Å². The minimum Gasteiger partial charge on any atom is -0.507 e. The van der Waals surface area contributed by atoms with Crippen LogP contribution in [0.4, 0.5) is 4.39 Å². The lowest BCUT2D eigenvalue weighted by molar-refractivity contribution is -0.140. The van der Waals surface area contributed by atoms with Crippen LogP contribution >= 0.6 is 0 Å². The lowest BCUT2D eigenvalue weighted by atomic mass is 9.85. The molecule has 1 atom stereocenters. The van der Waals surface area contributed by atoms with Crippen LogP contribution in [0, 0.1) is 5.82 Å². The maximum absolute atomic E-state index is 13.4. The van der Waals surface area contributed by atoms with Gasteiger partial charge in [0, 0.05) is 13.7 Å². The Kier molecular flexibility index (Phi) is 8.59. The highest BCUT2D eigenvalue weighted by Crippen LogP contribution is 2.42. The standard InChI is InChI=1S/C32H34FNO6/c1-32(2,3)22-11-14-26(39-5)25(18-22)29(35)27-28(34(15-16-38-4)31(37)30(27)36)21-7-6-8-24(17-21)40-19-20-9-12-23(33)13-10-20/h6-14,17-18,28,35H,15-16,19H2,1-5H3/b29-27+. The maximum Gasteiger partial charge on any atom is 0.295 e. The van der Waals surface area contributed by atoms with Crippen LogP contribution < -0.4 is 9.47 Å². The molecule has 40 heavy (non-hydrogen) atoms. The monoisotopic (exact) mass is 547 g/mol. The zero-order valence-electron chi connectivity index (χ0n) is 23.4. The van der Waals surface area contributed by atoms with Crippen molar-refractivity contribution in [2.24, 2.45) is 0 Å². The van der Waals surface area contributed by atoms with Gasteiger partial charge in [0.25, 0.3) is 11.7 Å². The molecule has 8 heteroatoms. The van der Waals surface area contributed by atoms with E-state index in [0.29, 0.717) is 22.6 Å². The fourth-order valence-corrected chi connectivity index (χ4v) is 4.67. The molecular weight excluding hydrogens is 513 g/mol. The number of hydrogen-bond acceptors (Lipinski definition) is 6. The number of halogens is 1. The van der Waals surface area contributed by atoms with E-state index in [1.807, 2.05) is 26.8 Å². The number of methoxy groups -OCH3 is 2. The van der Waals surface area contributed by atoms with Gasteiger partial charge >= 0.3 is 0 Å². The zero-order chi connectivity index (χ0) is 29.0. The number of ketones is 1. The average molecular weight is 548 g/mol. The van der Waals surface area contributed by atoms with Gasteiger partial charge in [0.15, 0.2) is 0 Å². The fourth-order valence-electron chi connectivity index (χ4n) is 4.67. The van der Waals surface area contributed by atoms with Gasteiger partial charge in [0.05, 0.1) is 30.9 Å². The molecule has 0 radical (unpaired) electrons. The van der Waals surface area contributed by atoms with Crippen molar-refractivity contribution in [1.29, 1.82) is 0 Å². The third-order valence-electron chi connectivity index (χ3n) is 6.89. The van der Waals surface area contributed by atoms with Gasteiger partial charge in [-0.2, -0.15) is 0 Å². The Hall–Kier alpha value is -4.17. The largest absolute Gasteiger partial charge is 0.507 e. The molecule has 0 aliphatic carbocycles. The number of benzene rings is 3. The molecule has 1 fully saturated rings. The Bertz CT molecular complexity index is 1420. The number of carbonyl (C=O) groups is 2. The number of Topliss-reactive ketones (excluding diaryl/α,β-unsaturated/α-hetero) is 1. The number of aliphatic hydroxyl groups is 1. The first-order valence-electron chi connectivity index (χ1n) is 13.0. The molecular formula is C32H34FNO6. The molecule has 3 aromatic rings. The van der Waals surface area contributed by atoms with Crippen LogP contribution in [0.3, 0.4) is 0 Å². The van der Waals surface area contributed by atoms with E-state index in [0.717, 1.165) is 11.1 Å². The van der Waals surface area contributed by atoms with Crippen molar-refractivity contribution in [2.75, 3.05) is 27.4 Å². The molecule has 1 N–H and O–H groups in total. The minimum atomic E-state index is -0.882. The molecule has 0 bridgehead atoms. The number of amides is 1. The van der Waals surface area contributed by atoms with Crippen LogP contribution in [0.15, 0.2) is 72.3 Å². The zero-order valence-corrected chi connectivity index (χ0v) is 23.4. The summed E-state index contributed by atoms with van der Waals surface area (Å²) in [6.07, 6.45) is 0. The molecule has 7 nitrogen and oxygen atoms in total. The quantitative estimate of drug-likeness (QED) is 0.208. The molecule has 4 rings (SSSR count). The predicted octanol–water partition coefficient (Wildman–Crippen LogP) is 5.78. The van der Waals surface area contributed by atoms with E-state index >= 15 is 0 Å². The summed E-state index contributed by atoms with van der Waals surface area (Å²) < 4.78 is 29.9. The van der Waals surface area contributed by atoms with Gasteiger partial charge in [0.2, 0.25) is 0 Å². The molecule has 0 aromatic heterocycles. The highest BCUT2D eigenvalue weighted by molar-refractivity contribution is 6.46. The Labute approximate surface area is 233 Å². The van der Waals surface area contributed by atoms with Crippen LogP contribution in [0.5, 0.6) is 11.5 Å². The number of hydrogen-bond donors (Lipinski definition) is 1. The van der Waals surface area contributed by atoms with Crippen molar-refractivity contribution >= 4 is 17.4 Å². The highest BCUT2D eigenvalue weighted by atomic mass is 19.1. The van der Waals surface area contributed by atoms with Crippen molar-refractivity contribution < 1.29 is 33.3 Å². The molecule has 210 valence electrons. The average Bonchev–Trinajstić information content (AvgIpc) is 3.19. The van der Waals surface area contributed by atoms with Crippen molar-refractivity contribution in [1.82, 2.24) is 4.90 Å². The van der Waals surface area contributed by atoms with Crippen molar-refractivity contribution in [2.45, 2.75) is 38.8 Å². The number of nitrogens with zero attached hydrogens (tertiary/aromatic N) is 1. The summed E-state index contributed by atoms with van der Waals surface area (Å²) in [5.74, 6) is -1.30. The number of carbonyl (C=O) groups excluding carboxylic acids is 2. The number of rotatable bonds is 9. The molecule has 1 aliphatic rings. The summed E-state index contributed by atoms with van der Waals surface area (Å²) in [4.78, 5) is 28.1. The summed E-state index contributed by atoms with van der Waals surface area (Å²) >= 11 is 0. The fraction of sp³-hybridized carbons (Fsp3) is 0.312. The molecule has 1 saturated heterocycles. The van der Waals surface area contributed by atoms with Crippen LogP contribution in [0.2, 0.25) is 0 Å². The smallest absolute Gasteiger partial charge is 0.295 e. The second-order valence-electron chi connectivity index (χ2n) is 10.6. The van der Waals surface area contributed by atoms with E-state index in [4.69, 9.17) is 14.2 Å². The van der Waals surface area contributed by atoms with Crippen LogP contribution in [0.25, 0.3) is 5.76 Å². The number of likely N-dealkylation sites (tertiary alicyclic amines) is 1. The minimum absolute atomic E-state index is 0.0406. The van der Waals surface area contributed by atoms with E-state index in [9.17, 15) is 19.1 Å². The van der Waals surface area contributed by atoms with Crippen molar-refractivity contribution in [3.8, 4) is 11.5 Å². The summed E-state index contributed by atoms with van der Waals surface area (Å²) in [5.41, 5.74) is 2.34. The first kappa shape index (κ1) is 28.8. The Morgan fingerprint density at radius 3 is 2.38 bits per heavy atom. The Morgan fingerprint density at radius 1 is 1.00 bits per heavy atom. The number of ether oxygens (including phenoxy) is 3. The predicted molar refractivity (Wildman–Crippen MR) is 150 cm³/mol. The molecule has 3 aromatic carbocycles. The van der Waals surface area contributed by atoms with E-state index in [-0.39, 0.29) is 42.3 Å². The third-order valence-corrected chi connectivity index (χ3v) is 6.89. The number of aliphatic hydroxyl groups excluding tert-OH is 1. The third kappa shape index (κ3) is 6.02. The molecule has 1 heterocycles. The first-order chi connectivity index (χ1) is 19.0. The highest BCUT2D eigenvalue weighted by Gasteiger charge is 2.46. The first-order valence-corrected chi connectivity index (χ1v) is 13.0. The van der Waals surface area contributed by atoms with Crippen molar-refractivity contribution in [3.63, 3.8) is 0 Å². The van der Waals surface area contributed by atoms with Crippen molar-refractivity contribution in [3.05, 3.63) is 100 Å².